The standard InChI is InChI=1S/C11H11BrO2S/c1-7-9(12)6-11(15-7)10(13)5-8-3-2-4-14-8/h2-4,6,10,13H,5H2,1H3. The summed E-state index contributed by atoms with van der Waals surface area (Å²) in [6.07, 6.45) is 1.67. The zero-order chi connectivity index (χ0) is 10.8. The van der Waals surface area contributed by atoms with Crippen LogP contribution in [0.15, 0.2) is 33.4 Å². The van der Waals surface area contributed by atoms with Gasteiger partial charge in [0, 0.05) is 20.6 Å². The van der Waals surface area contributed by atoms with Gasteiger partial charge in [0.15, 0.2) is 0 Å². The zero-order valence-electron chi connectivity index (χ0n) is 8.24. The van der Waals surface area contributed by atoms with E-state index in [-0.39, 0.29) is 0 Å². The molecule has 2 aromatic rings. The largest absolute Gasteiger partial charge is 0.469 e. The fourth-order valence-electron chi connectivity index (χ4n) is 1.37. The first-order valence-corrected chi connectivity index (χ1v) is 6.24. The maximum absolute atomic E-state index is 9.96. The van der Waals surface area contributed by atoms with Crippen molar-refractivity contribution in [1.82, 2.24) is 0 Å². The molecule has 0 bridgehead atoms. The lowest BCUT2D eigenvalue weighted by molar-refractivity contribution is 0.174. The Morgan fingerprint density at radius 2 is 2.40 bits per heavy atom. The molecule has 4 heteroatoms. The van der Waals surface area contributed by atoms with Crippen LogP contribution in [-0.2, 0) is 6.42 Å². The zero-order valence-corrected chi connectivity index (χ0v) is 10.6. The van der Waals surface area contributed by atoms with E-state index in [1.165, 1.54) is 4.88 Å². The molecule has 0 aliphatic rings. The summed E-state index contributed by atoms with van der Waals surface area (Å²) >= 11 is 5.04. The van der Waals surface area contributed by atoms with E-state index >= 15 is 0 Å². The molecule has 0 radical (unpaired) electrons. The lowest BCUT2D eigenvalue weighted by Gasteiger charge is -2.05. The van der Waals surface area contributed by atoms with Crippen LogP contribution in [0, 0.1) is 6.92 Å². The van der Waals surface area contributed by atoms with E-state index < -0.39 is 6.10 Å². The molecule has 80 valence electrons. The maximum atomic E-state index is 9.96. The lowest BCUT2D eigenvalue weighted by Crippen LogP contribution is -1.97. The van der Waals surface area contributed by atoms with Crippen LogP contribution in [-0.4, -0.2) is 5.11 Å². The second-order valence-electron chi connectivity index (χ2n) is 3.35. The summed E-state index contributed by atoms with van der Waals surface area (Å²) in [5.41, 5.74) is 0. The van der Waals surface area contributed by atoms with Crippen LogP contribution in [0.5, 0.6) is 0 Å². The van der Waals surface area contributed by atoms with Gasteiger partial charge in [0.05, 0.1) is 12.4 Å². The van der Waals surface area contributed by atoms with Crippen molar-refractivity contribution in [1.29, 1.82) is 0 Å². The van der Waals surface area contributed by atoms with Crippen molar-refractivity contribution in [2.45, 2.75) is 19.4 Å². The molecule has 15 heavy (non-hydrogen) atoms. The Labute approximate surface area is 101 Å². The molecule has 1 atom stereocenters. The van der Waals surface area contributed by atoms with Crippen LogP contribution in [0.1, 0.15) is 21.6 Å². The minimum Gasteiger partial charge on any atom is -0.469 e. The van der Waals surface area contributed by atoms with Crippen LogP contribution in [0.25, 0.3) is 0 Å². The fourth-order valence-corrected chi connectivity index (χ4v) is 2.91. The molecule has 1 N–H and O–H groups in total. The van der Waals surface area contributed by atoms with Crippen molar-refractivity contribution in [2.75, 3.05) is 0 Å². The first-order chi connectivity index (χ1) is 7.16. The van der Waals surface area contributed by atoms with Crippen molar-refractivity contribution >= 4 is 27.3 Å². The van der Waals surface area contributed by atoms with Crippen LogP contribution in [0.4, 0.5) is 0 Å². The number of halogens is 1. The molecular formula is C11H11BrO2S. The van der Waals surface area contributed by atoms with E-state index in [1.807, 2.05) is 25.1 Å². The molecule has 0 spiro atoms. The molecule has 2 aromatic heterocycles. The molecule has 0 fully saturated rings. The van der Waals surface area contributed by atoms with E-state index in [2.05, 4.69) is 15.9 Å². The van der Waals surface area contributed by atoms with Gasteiger partial charge in [-0.1, -0.05) is 0 Å². The van der Waals surface area contributed by atoms with E-state index in [9.17, 15) is 5.11 Å². The van der Waals surface area contributed by atoms with Crippen LogP contribution >= 0.6 is 27.3 Å². The van der Waals surface area contributed by atoms with Crippen molar-refractivity contribution in [3.8, 4) is 0 Å². The third-order valence-electron chi connectivity index (χ3n) is 2.18. The summed E-state index contributed by atoms with van der Waals surface area (Å²) in [4.78, 5) is 2.15. The Morgan fingerprint density at radius 3 is 2.93 bits per heavy atom. The normalized spacial score (nSPS) is 13.0. The maximum Gasteiger partial charge on any atom is 0.106 e. The monoisotopic (exact) mass is 286 g/mol. The Bertz CT molecular complexity index is 414. The van der Waals surface area contributed by atoms with Gasteiger partial charge in [0.25, 0.3) is 0 Å². The van der Waals surface area contributed by atoms with E-state index in [0.29, 0.717) is 6.42 Å². The van der Waals surface area contributed by atoms with Crippen molar-refractivity contribution in [3.05, 3.63) is 44.4 Å². The van der Waals surface area contributed by atoms with Gasteiger partial charge in [0.2, 0.25) is 0 Å². The molecule has 2 rings (SSSR count). The Hall–Kier alpha value is -0.580. The first kappa shape index (κ1) is 10.9. The number of aliphatic hydroxyl groups excluding tert-OH is 1. The third kappa shape index (κ3) is 2.51. The predicted molar refractivity (Wildman–Crippen MR) is 64.1 cm³/mol. The minimum absolute atomic E-state index is 0.480. The summed E-state index contributed by atoms with van der Waals surface area (Å²) in [5.74, 6) is 0.810. The van der Waals surface area contributed by atoms with E-state index in [0.717, 1.165) is 15.1 Å². The van der Waals surface area contributed by atoms with Crippen molar-refractivity contribution < 1.29 is 9.52 Å². The van der Waals surface area contributed by atoms with Gasteiger partial charge in [0.1, 0.15) is 5.76 Å². The number of aliphatic hydroxyl groups is 1. The summed E-state index contributed by atoms with van der Waals surface area (Å²) in [7, 11) is 0. The molecule has 0 amide bonds. The molecule has 0 saturated heterocycles. The van der Waals surface area contributed by atoms with Crippen LogP contribution in [0.2, 0.25) is 0 Å². The summed E-state index contributed by atoms with van der Waals surface area (Å²) in [6.45, 7) is 2.03. The number of hydrogen-bond donors (Lipinski definition) is 1. The Kier molecular flexibility index (Phi) is 3.29. The molecular weight excluding hydrogens is 276 g/mol. The van der Waals surface area contributed by atoms with Gasteiger partial charge in [-0.15, -0.1) is 11.3 Å². The average molecular weight is 287 g/mol. The molecule has 2 heterocycles. The Morgan fingerprint density at radius 1 is 1.60 bits per heavy atom. The van der Waals surface area contributed by atoms with E-state index in [4.69, 9.17) is 4.42 Å². The van der Waals surface area contributed by atoms with Gasteiger partial charge >= 0.3 is 0 Å². The van der Waals surface area contributed by atoms with Gasteiger partial charge in [-0.05, 0) is 41.1 Å². The number of aryl methyl sites for hydroxylation is 1. The minimum atomic E-state index is -0.480. The molecule has 0 saturated carbocycles. The quantitative estimate of drug-likeness (QED) is 0.934. The molecule has 0 aromatic carbocycles. The van der Waals surface area contributed by atoms with Gasteiger partial charge < -0.3 is 9.52 Å². The van der Waals surface area contributed by atoms with Crippen molar-refractivity contribution in [3.63, 3.8) is 0 Å². The number of rotatable bonds is 3. The average Bonchev–Trinajstić information content (AvgIpc) is 2.78. The lowest BCUT2D eigenvalue weighted by atomic mass is 10.2. The summed E-state index contributed by atoms with van der Waals surface area (Å²) in [5, 5.41) is 9.96. The number of thiophene rings is 1. The number of hydrogen-bond acceptors (Lipinski definition) is 3. The highest BCUT2D eigenvalue weighted by atomic mass is 79.9. The van der Waals surface area contributed by atoms with Gasteiger partial charge in [-0.3, -0.25) is 0 Å². The third-order valence-corrected chi connectivity index (χ3v) is 4.42. The smallest absolute Gasteiger partial charge is 0.106 e. The first-order valence-electron chi connectivity index (χ1n) is 4.63. The number of furan rings is 1. The van der Waals surface area contributed by atoms with Crippen LogP contribution < -0.4 is 0 Å². The van der Waals surface area contributed by atoms with Gasteiger partial charge in [-0.2, -0.15) is 0 Å². The van der Waals surface area contributed by atoms with Crippen molar-refractivity contribution in [2.24, 2.45) is 0 Å². The van der Waals surface area contributed by atoms with E-state index in [1.54, 1.807) is 17.6 Å². The highest BCUT2D eigenvalue weighted by molar-refractivity contribution is 9.10. The molecule has 0 aliphatic heterocycles. The second kappa shape index (κ2) is 4.51. The Balaban J connectivity index is 2.11. The fraction of sp³-hybridized carbons (Fsp3) is 0.273. The summed E-state index contributed by atoms with van der Waals surface area (Å²) < 4.78 is 6.25. The molecule has 2 nitrogen and oxygen atoms in total. The highest BCUT2D eigenvalue weighted by Crippen LogP contribution is 2.31. The van der Waals surface area contributed by atoms with Gasteiger partial charge in [-0.25, -0.2) is 0 Å². The predicted octanol–water partition coefficient (Wildman–Crippen LogP) is 3.69. The molecule has 1 unspecified atom stereocenters. The molecule has 0 aliphatic carbocycles. The SMILES string of the molecule is Cc1sc(C(O)Cc2ccco2)cc1Br. The summed E-state index contributed by atoms with van der Waals surface area (Å²) in [6, 6.07) is 5.67. The highest BCUT2D eigenvalue weighted by Gasteiger charge is 2.14. The topological polar surface area (TPSA) is 33.4 Å². The second-order valence-corrected chi connectivity index (χ2v) is 5.49. The van der Waals surface area contributed by atoms with Crippen LogP contribution in [0.3, 0.4) is 0 Å².